The summed E-state index contributed by atoms with van der Waals surface area (Å²) < 4.78 is 16.0. The molecule has 0 saturated heterocycles. The predicted octanol–water partition coefficient (Wildman–Crippen LogP) is 2.25. The van der Waals surface area contributed by atoms with Crippen molar-refractivity contribution in [1.82, 2.24) is 10.6 Å². The number of hydrogen-bond acceptors (Lipinski definition) is 4. The van der Waals surface area contributed by atoms with Gasteiger partial charge >= 0.3 is 0 Å². The molecule has 0 fully saturated rings. The summed E-state index contributed by atoms with van der Waals surface area (Å²) in [6.07, 6.45) is 3.31. The first-order chi connectivity index (χ1) is 11.8. The second kappa shape index (κ2) is 9.50. The summed E-state index contributed by atoms with van der Waals surface area (Å²) in [5.74, 6) is 3.41. The lowest BCUT2D eigenvalue weighted by Crippen LogP contribution is -2.39. The van der Waals surface area contributed by atoms with Crippen molar-refractivity contribution < 1.29 is 13.9 Å². The number of hydrogen-bond donors (Lipinski definition) is 2. The van der Waals surface area contributed by atoms with E-state index in [1.54, 1.807) is 27.5 Å². The van der Waals surface area contributed by atoms with Crippen LogP contribution in [0.25, 0.3) is 0 Å². The molecule has 0 spiro atoms. The van der Waals surface area contributed by atoms with Crippen molar-refractivity contribution in [1.29, 1.82) is 0 Å². The molecule has 0 bridgehead atoms. The Hall–Kier alpha value is -2.63. The molecule has 0 unspecified atom stereocenters. The van der Waals surface area contributed by atoms with E-state index in [-0.39, 0.29) is 0 Å². The quantitative estimate of drug-likeness (QED) is 0.574. The fourth-order valence-electron chi connectivity index (χ4n) is 2.37. The molecule has 1 heterocycles. The zero-order valence-corrected chi connectivity index (χ0v) is 14.5. The van der Waals surface area contributed by atoms with Crippen molar-refractivity contribution in [2.24, 2.45) is 4.99 Å². The van der Waals surface area contributed by atoms with Crippen LogP contribution in [0, 0.1) is 0 Å². The molecule has 0 saturated carbocycles. The van der Waals surface area contributed by atoms with Gasteiger partial charge in [-0.25, -0.2) is 0 Å². The van der Waals surface area contributed by atoms with Gasteiger partial charge in [0.1, 0.15) is 17.3 Å². The third-order valence-electron chi connectivity index (χ3n) is 3.64. The molecule has 0 atom stereocenters. The fourth-order valence-corrected chi connectivity index (χ4v) is 2.37. The van der Waals surface area contributed by atoms with Gasteiger partial charge < -0.3 is 24.5 Å². The smallest absolute Gasteiger partial charge is 0.191 e. The maximum absolute atomic E-state index is 5.40. The third-order valence-corrected chi connectivity index (χ3v) is 3.64. The van der Waals surface area contributed by atoms with Gasteiger partial charge in [0.25, 0.3) is 0 Å². The Labute approximate surface area is 142 Å². The van der Waals surface area contributed by atoms with Gasteiger partial charge in [0.2, 0.25) is 0 Å². The minimum absolute atomic E-state index is 0.740. The van der Waals surface area contributed by atoms with Gasteiger partial charge in [0.15, 0.2) is 5.96 Å². The van der Waals surface area contributed by atoms with Gasteiger partial charge in [-0.3, -0.25) is 4.99 Å². The molecule has 1 aromatic heterocycles. The van der Waals surface area contributed by atoms with Crippen LogP contribution in [0.5, 0.6) is 11.5 Å². The monoisotopic (exact) mass is 331 g/mol. The number of methoxy groups -OCH3 is 2. The number of guanidine groups is 1. The van der Waals surface area contributed by atoms with Crippen LogP contribution < -0.4 is 20.1 Å². The molecular weight excluding hydrogens is 306 g/mol. The zero-order chi connectivity index (χ0) is 17.2. The lowest BCUT2D eigenvalue weighted by Gasteiger charge is -2.13. The van der Waals surface area contributed by atoms with Crippen molar-refractivity contribution in [3.05, 3.63) is 47.9 Å². The van der Waals surface area contributed by atoms with Crippen LogP contribution in [0.3, 0.4) is 0 Å². The van der Waals surface area contributed by atoms with Gasteiger partial charge in [0, 0.05) is 26.6 Å². The molecule has 0 amide bonds. The average Bonchev–Trinajstić information content (AvgIpc) is 3.13. The molecule has 2 N–H and O–H groups in total. The first kappa shape index (κ1) is 17.7. The molecular formula is C18H25N3O3. The fraction of sp³-hybridized carbons (Fsp3) is 0.389. The molecule has 24 heavy (non-hydrogen) atoms. The number of furan rings is 1. The van der Waals surface area contributed by atoms with Crippen LogP contribution in [0.2, 0.25) is 0 Å². The maximum atomic E-state index is 5.40. The molecule has 6 heteroatoms. The van der Waals surface area contributed by atoms with E-state index in [4.69, 9.17) is 13.9 Å². The largest absolute Gasteiger partial charge is 0.497 e. The van der Waals surface area contributed by atoms with Crippen molar-refractivity contribution in [2.75, 3.05) is 34.4 Å². The number of nitrogens with one attached hydrogen (secondary N) is 2. The molecule has 0 radical (unpaired) electrons. The molecule has 2 rings (SSSR count). The second-order valence-electron chi connectivity index (χ2n) is 5.18. The van der Waals surface area contributed by atoms with Crippen LogP contribution in [0.1, 0.15) is 11.3 Å². The topological polar surface area (TPSA) is 68.0 Å². The van der Waals surface area contributed by atoms with Gasteiger partial charge in [0.05, 0.1) is 20.5 Å². The van der Waals surface area contributed by atoms with Gasteiger partial charge in [-0.15, -0.1) is 0 Å². The molecule has 1 aromatic carbocycles. The Kier molecular flexibility index (Phi) is 7.01. The van der Waals surface area contributed by atoms with Crippen LogP contribution in [-0.2, 0) is 12.8 Å². The molecule has 0 aliphatic rings. The number of aliphatic imine (C=N–C) groups is 1. The molecule has 0 aliphatic heterocycles. The molecule has 0 aliphatic carbocycles. The van der Waals surface area contributed by atoms with E-state index in [1.807, 2.05) is 30.3 Å². The zero-order valence-electron chi connectivity index (χ0n) is 14.5. The summed E-state index contributed by atoms with van der Waals surface area (Å²) in [5, 5.41) is 6.57. The van der Waals surface area contributed by atoms with E-state index < -0.39 is 0 Å². The van der Waals surface area contributed by atoms with E-state index >= 15 is 0 Å². The van der Waals surface area contributed by atoms with Crippen LogP contribution in [-0.4, -0.2) is 40.3 Å². The lowest BCUT2D eigenvalue weighted by molar-refractivity contribution is 0.398. The van der Waals surface area contributed by atoms with E-state index in [1.165, 1.54) is 0 Å². The summed E-state index contributed by atoms with van der Waals surface area (Å²) in [5.41, 5.74) is 1.09. The minimum Gasteiger partial charge on any atom is -0.497 e. The average molecular weight is 331 g/mol. The van der Waals surface area contributed by atoms with E-state index in [2.05, 4.69) is 15.6 Å². The third kappa shape index (κ3) is 5.22. The lowest BCUT2D eigenvalue weighted by atomic mass is 10.1. The number of nitrogens with zero attached hydrogens (tertiary/aromatic N) is 1. The minimum atomic E-state index is 0.740. The number of benzene rings is 1. The molecule has 2 aromatic rings. The maximum Gasteiger partial charge on any atom is 0.191 e. The Morgan fingerprint density at radius 3 is 2.50 bits per heavy atom. The summed E-state index contributed by atoms with van der Waals surface area (Å²) in [4.78, 5) is 4.22. The Morgan fingerprint density at radius 1 is 1.08 bits per heavy atom. The first-order valence-corrected chi connectivity index (χ1v) is 7.94. The van der Waals surface area contributed by atoms with E-state index in [9.17, 15) is 0 Å². The Bertz CT molecular complexity index is 639. The van der Waals surface area contributed by atoms with Gasteiger partial charge in [-0.05, 0) is 42.3 Å². The summed E-state index contributed by atoms with van der Waals surface area (Å²) in [6.45, 7) is 1.50. The van der Waals surface area contributed by atoms with Crippen molar-refractivity contribution in [2.45, 2.75) is 12.8 Å². The summed E-state index contributed by atoms with van der Waals surface area (Å²) >= 11 is 0. The van der Waals surface area contributed by atoms with E-state index in [0.29, 0.717) is 0 Å². The van der Waals surface area contributed by atoms with Crippen molar-refractivity contribution >= 4 is 5.96 Å². The van der Waals surface area contributed by atoms with Crippen molar-refractivity contribution in [3.63, 3.8) is 0 Å². The van der Waals surface area contributed by atoms with E-state index in [0.717, 1.165) is 54.7 Å². The highest BCUT2D eigenvalue weighted by Gasteiger charge is 2.06. The Balaban J connectivity index is 1.79. The highest BCUT2D eigenvalue weighted by atomic mass is 16.5. The molecule has 6 nitrogen and oxygen atoms in total. The summed E-state index contributed by atoms with van der Waals surface area (Å²) in [6, 6.07) is 9.67. The van der Waals surface area contributed by atoms with Crippen LogP contribution in [0.15, 0.2) is 46.0 Å². The van der Waals surface area contributed by atoms with Crippen LogP contribution in [0.4, 0.5) is 0 Å². The van der Waals surface area contributed by atoms with Crippen LogP contribution >= 0.6 is 0 Å². The SMILES string of the molecule is CN=C(NCCc1ccco1)NCCc1cc(OC)ccc1OC. The second-order valence-corrected chi connectivity index (χ2v) is 5.18. The predicted molar refractivity (Wildman–Crippen MR) is 95.0 cm³/mol. The Morgan fingerprint density at radius 2 is 1.88 bits per heavy atom. The normalized spacial score (nSPS) is 11.2. The molecule has 130 valence electrons. The van der Waals surface area contributed by atoms with Crippen molar-refractivity contribution in [3.8, 4) is 11.5 Å². The highest BCUT2D eigenvalue weighted by molar-refractivity contribution is 5.79. The standard InChI is InChI=1S/C18H25N3O3/c1-19-18(21-11-9-15-5-4-12-24-15)20-10-8-14-13-16(22-2)6-7-17(14)23-3/h4-7,12-13H,8-11H2,1-3H3,(H2,19,20,21). The van der Waals surface area contributed by atoms with Gasteiger partial charge in [-0.1, -0.05) is 0 Å². The first-order valence-electron chi connectivity index (χ1n) is 7.94. The number of rotatable bonds is 8. The summed E-state index contributed by atoms with van der Waals surface area (Å²) in [7, 11) is 5.09. The van der Waals surface area contributed by atoms with Gasteiger partial charge in [-0.2, -0.15) is 0 Å². The number of ether oxygens (including phenoxy) is 2. The highest BCUT2D eigenvalue weighted by Crippen LogP contribution is 2.24.